The van der Waals surface area contributed by atoms with Crippen LogP contribution in [0.15, 0.2) is 29.4 Å². The number of nitrogens with zero attached hydrogens (tertiary/aromatic N) is 2. The van der Waals surface area contributed by atoms with Crippen LogP contribution in [0.25, 0.3) is 0 Å². The number of hydrogen-bond acceptors (Lipinski definition) is 4. The Bertz CT molecular complexity index is 701. The van der Waals surface area contributed by atoms with Crippen molar-refractivity contribution in [2.75, 3.05) is 20.1 Å². The minimum absolute atomic E-state index is 0.0473. The number of benzene rings is 1. The molecule has 0 spiro atoms. The number of carbonyl (C=O) groups excluding carboxylic acids is 1. The minimum Gasteiger partial charge on any atom is -0.391 e. The predicted octanol–water partition coefficient (Wildman–Crippen LogP) is 3.70. The van der Waals surface area contributed by atoms with Gasteiger partial charge < -0.3 is 10.2 Å². The normalized spacial score (nSPS) is 22.9. The summed E-state index contributed by atoms with van der Waals surface area (Å²) in [5, 5.41) is 6.55. The van der Waals surface area contributed by atoms with Gasteiger partial charge in [0.05, 0.1) is 5.56 Å². The van der Waals surface area contributed by atoms with E-state index in [4.69, 9.17) is 4.84 Å². The number of alkyl halides is 3. The van der Waals surface area contributed by atoms with E-state index in [9.17, 15) is 18.0 Å². The van der Waals surface area contributed by atoms with Crippen molar-refractivity contribution < 1.29 is 22.8 Å². The average Bonchev–Trinajstić information content (AvgIpc) is 3.08. The van der Waals surface area contributed by atoms with E-state index in [0.29, 0.717) is 24.6 Å². The summed E-state index contributed by atoms with van der Waals surface area (Å²) >= 11 is 3.34. The van der Waals surface area contributed by atoms with Crippen LogP contribution in [0.1, 0.15) is 36.4 Å². The third-order valence-corrected chi connectivity index (χ3v) is 5.64. The van der Waals surface area contributed by atoms with Crippen LogP contribution in [0.4, 0.5) is 13.2 Å². The fourth-order valence-corrected chi connectivity index (χ4v) is 4.09. The van der Waals surface area contributed by atoms with E-state index in [-0.39, 0.29) is 12.0 Å². The topological polar surface area (TPSA) is 53.9 Å². The van der Waals surface area contributed by atoms with Gasteiger partial charge in [-0.25, -0.2) is 0 Å². The molecule has 1 aromatic rings. The summed E-state index contributed by atoms with van der Waals surface area (Å²) in [6.07, 6.45) is -1.91. The van der Waals surface area contributed by atoms with Crippen molar-refractivity contribution in [3.8, 4) is 0 Å². The predicted molar refractivity (Wildman–Crippen MR) is 98.4 cm³/mol. The Morgan fingerprint density at radius 3 is 2.41 bits per heavy atom. The van der Waals surface area contributed by atoms with Crippen molar-refractivity contribution in [2.24, 2.45) is 11.1 Å². The SMILES string of the molecule is CNC(=O)[C@@H](c1ccc(C(F)(F)F)cc1)N1CCC(C2CC(Br)=NO2)CC1. The molecule has 0 saturated carbocycles. The molecule has 5 nitrogen and oxygen atoms in total. The molecule has 1 aromatic carbocycles. The quantitative estimate of drug-likeness (QED) is 0.765. The highest BCUT2D eigenvalue weighted by atomic mass is 79.9. The Balaban J connectivity index is 1.70. The zero-order valence-electron chi connectivity index (χ0n) is 14.8. The lowest BCUT2D eigenvalue weighted by Crippen LogP contribution is -2.45. The summed E-state index contributed by atoms with van der Waals surface area (Å²) in [7, 11) is 1.54. The van der Waals surface area contributed by atoms with Gasteiger partial charge in [-0.15, -0.1) is 0 Å². The van der Waals surface area contributed by atoms with Gasteiger partial charge in [-0.05, 0) is 59.6 Å². The molecule has 2 aliphatic rings. The third kappa shape index (κ3) is 4.63. The van der Waals surface area contributed by atoms with Crippen LogP contribution in [0.3, 0.4) is 0 Å². The van der Waals surface area contributed by atoms with Crippen LogP contribution >= 0.6 is 15.9 Å². The van der Waals surface area contributed by atoms with Gasteiger partial charge in [0.25, 0.3) is 0 Å². The van der Waals surface area contributed by atoms with Crippen molar-refractivity contribution >= 4 is 26.5 Å². The number of oxime groups is 1. The fraction of sp³-hybridized carbons (Fsp3) is 0.556. The number of piperidine rings is 1. The smallest absolute Gasteiger partial charge is 0.391 e. The highest BCUT2D eigenvalue weighted by Crippen LogP contribution is 2.34. The van der Waals surface area contributed by atoms with Crippen LogP contribution in [-0.4, -0.2) is 41.7 Å². The molecular weight excluding hydrogens is 427 g/mol. The zero-order valence-corrected chi connectivity index (χ0v) is 16.4. The second-order valence-corrected chi connectivity index (χ2v) is 7.74. The van der Waals surface area contributed by atoms with E-state index in [1.807, 2.05) is 4.90 Å². The molecule has 1 amide bonds. The summed E-state index contributed by atoms with van der Waals surface area (Å²) in [6.45, 7) is 1.34. The Labute approximate surface area is 164 Å². The van der Waals surface area contributed by atoms with E-state index in [2.05, 4.69) is 26.4 Å². The van der Waals surface area contributed by atoms with Gasteiger partial charge in [-0.3, -0.25) is 9.69 Å². The second kappa shape index (κ2) is 8.18. The van der Waals surface area contributed by atoms with Gasteiger partial charge >= 0.3 is 6.18 Å². The van der Waals surface area contributed by atoms with E-state index in [1.165, 1.54) is 19.2 Å². The molecule has 2 atom stereocenters. The van der Waals surface area contributed by atoms with E-state index >= 15 is 0 Å². The molecule has 27 heavy (non-hydrogen) atoms. The molecule has 1 saturated heterocycles. The molecule has 2 aliphatic heterocycles. The lowest BCUT2D eigenvalue weighted by atomic mass is 9.88. The van der Waals surface area contributed by atoms with Gasteiger partial charge in [-0.2, -0.15) is 13.2 Å². The van der Waals surface area contributed by atoms with Crippen molar-refractivity contribution in [3.05, 3.63) is 35.4 Å². The van der Waals surface area contributed by atoms with Crippen molar-refractivity contribution in [1.82, 2.24) is 10.2 Å². The monoisotopic (exact) mass is 447 g/mol. The highest BCUT2D eigenvalue weighted by Gasteiger charge is 2.36. The van der Waals surface area contributed by atoms with Crippen LogP contribution in [0.2, 0.25) is 0 Å². The molecule has 1 unspecified atom stereocenters. The molecule has 9 heteroatoms. The number of hydrogen-bond donors (Lipinski definition) is 1. The molecule has 0 aliphatic carbocycles. The number of likely N-dealkylation sites (tertiary alicyclic amines) is 1. The minimum atomic E-state index is -4.39. The summed E-state index contributed by atoms with van der Waals surface area (Å²) in [6, 6.07) is 4.23. The van der Waals surface area contributed by atoms with Gasteiger partial charge in [0.15, 0.2) is 0 Å². The maximum Gasteiger partial charge on any atom is 0.416 e. The van der Waals surface area contributed by atoms with E-state index in [1.54, 1.807) is 0 Å². The van der Waals surface area contributed by atoms with Crippen molar-refractivity contribution in [3.63, 3.8) is 0 Å². The van der Waals surface area contributed by atoms with Gasteiger partial charge in [-0.1, -0.05) is 17.3 Å². The fourth-order valence-electron chi connectivity index (χ4n) is 3.69. The van der Waals surface area contributed by atoms with Gasteiger partial charge in [0.1, 0.15) is 16.8 Å². The Morgan fingerprint density at radius 1 is 1.30 bits per heavy atom. The standard InChI is InChI=1S/C18H21BrF3N3O2/c1-23-17(26)16(12-2-4-13(5-3-12)18(20,21)22)25-8-6-11(7-9-25)14-10-15(19)24-27-14/h2-5,11,14,16H,6-10H2,1H3,(H,23,26)/t14?,16-/m1/s1. The first-order chi connectivity index (χ1) is 12.8. The maximum atomic E-state index is 12.8. The first kappa shape index (κ1) is 20.1. The van der Waals surface area contributed by atoms with Crippen molar-refractivity contribution in [2.45, 2.75) is 37.6 Å². The molecule has 3 rings (SSSR count). The molecule has 0 aromatic heterocycles. The average molecular weight is 448 g/mol. The molecule has 0 bridgehead atoms. The van der Waals surface area contributed by atoms with Crippen LogP contribution < -0.4 is 5.32 Å². The van der Waals surface area contributed by atoms with E-state index in [0.717, 1.165) is 36.0 Å². The molecule has 1 fully saturated rings. The number of carbonyl (C=O) groups is 1. The maximum absolute atomic E-state index is 12.8. The van der Waals surface area contributed by atoms with Crippen LogP contribution in [0.5, 0.6) is 0 Å². The lowest BCUT2D eigenvalue weighted by Gasteiger charge is -2.38. The Morgan fingerprint density at radius 2 is 1.93 bits per heavy atom. The number of rotatable bonds is 4. The first-order valence-corrected chi connectivity index (χ1v) is 9.60. The largest absolute Gasteiger partial charge is 0.416 e. The number of amides is 1. The molecule has 1 N–H and O–H groups in total. The molecular formula is C18H21BrF3N3O2. The Hall–Kier alpha value is -1.61. The van der Waals surface area contributed by atoms with E-state index < -0.39 is 17.8 Å². The summed E-state index contributed by atoms with van der Waals surface area (Å²) in [5.41, 5.74) is -0.159. The summed E-state index contributed by atoms with van der Waals surface area (Å²) < 4.78 is 39.2. The molecule has 0 radical (unpaired) electrons. The van der Waals surface area contributed by atoms with Gasteiger partial charge in [0.2, 0.25) is 5.91 Å². The number of nitrogens with one attached hydrogen (secondary N) is 1. The van der Waals surface area contributed by atoms with Crippen LogP contribution in [0, 0.1) is 5.92 Å². The number of likely N-dealkylation sites (N-methyl/N-ethyl adjacent to an activating group) is 1. The first-order valence-electron chi connectivity index (χ1n) is 8.80. The van der Waals surface area contributed by atoms with Crippen LogP contribution in [-0.2, 0) is 15.8 Å². The number of halogens is 4. The molecule has 148 valence electrons. The highest BCUT2D eigenvalue weighted by molar-refractivity contribution is 9.18. The zero-order chi connectivity index (χ0) is 19.6. The van der Waals surface area contributed by atoms with Crippen molar-refractivity contribution in [1.29, 1.82) is 0 Å². The Kier molecular flexibility index (Phi) is 6.10. The third-order valence-electron chi connectivity index (χ3n) is 5.17. The molecule has 2 heterocycles. The summed E-state index contributed by atoms with van der Waals surface area (Å²) in [4.78, 5) is 19.9. The summed E-state index contributed by atoms with van der Waals surface area (Å²) in [5.74, 6) is 0.120. The lowest BCUT2D eigenvalue weighted by molar-refractivity contribution is -0.137. The van der Waals surface area contributed by atoms with Gasteiger partial charge in [0, 0.05) is 19.4 Å². The second-order valence-electron chi connectivity index (χ2n) is 6.83.